The van der Waals surface area contributed by atoms with Crippen LogP contribution in [0.5, 0.6) is 0 Å². The van der Waals surface area contributed by atoms with Crippen LogP contribution in [0.3, 0.4) is 0 Å². The van der Waals surface area contributed by atoms with Crippen molar-refractivity contribution >= 4 is 28.4 Å². The fourth-order valence-corrected chi connectivity index (χ4v) is 5.75. The van der Waals surface area contributed by atoms with Crippen LogP contribution in [-0.4, -0.2) is 52.3 Å². The molecule has 0 amide bonds. The molecule has 184 valence electrons. The van der Waals surface area contributed by atoms with Crippen molar-refractivity contribution in [1.29, 1.82) is 0 Å². The summed E-state index contributed by atoms with van der Waals surface area (Å²) in [6.45, 7) is 5.78. The maximum Gasteiger partial charge on any atom is 0.264 e. The van der Waals surface area contributed by atoms with Gasteiger partial charge in [0.15, 0.2) is 5.65 Å². The van der Waals surface area contributed by atoms with Crippen LogP contribution >= 0.6 is 0 Å². The fraction of sp³-hybridized carbons (Fsp3) is 0.333. The molecule has 36 heavy (non-hydrogen) atoms. The minimum Gasteiger partial charge on any atom is -0.363 e. The van der Waals surface area contributed by atoms with E-state index in [1.165, 1.54) is 11.1 Å². The van der Waals surface area contributed by atoms with E-state index in [0.717, 1.165) is 43.7 Å². The summed E-state index contributed by atoms with van der Waals surface area (Å²) in [6, 6.07) is 12.3. The van der Waals surface area contributed by atoms with E-state index in [-0.39, 0.29) is 17.0 Å². The Morgan fingerprint density at radius 3 is 2.75 bits per heavy atom. The Labute approximate surface area is 209 Å². The predicted octanol–water partition coefficient (Wildman–Crippen LogP) is 3.01. The van der Waals surface area contributed by atoms with E-state index >= 15 is 0 Å². The number of anilines is 2. The lowest BCUT2D eigenvalue weighted by Gasteiger charge is -2.42. The van der Waals surface area contributed by atoms with Crippen LogP contribution in [0.2, 0.25) is 0 Å². The first-order chi connectivity index (χ1) is 17.4. The van der Waals surface area contributed by atoms with Gasteiger partial charge in [-0.1, -0.05) is 30.8 Å². The third kappa shape index (κ3) is 3.50. The molecule has 0 unspecified atom stereocenters. The minimum atomic E-state index is -0.230. The molecule has 1 aliphatic carbocycles. The Morgan fingerprint density at radius 2 is 2.00 bits per heavy atom. The van der Waals surface area contributed by atoms with Crippen molar-refractivity contribution in [2.24, 2.45) is 11.1 Å². The number of aromatic nitrogens is 5. The summed E-state index contributed by atoms with van der Waals surface area (Å²) in [7, 11) is 3.85. The van der Waals surface area contributed by atoms with Gasteiger partial charge in [-0.15, -0.1) is 0 Å². The van der Waals surface area contributed by atoms with Gasteiger partial charge in [-0.3, -0.25) is 14.9 Å². The van der Waals surface area contributed by atoms with Crippen LogP contribution in [0.4, 0.5) is 11.8 Å². The number of nitrogens with zero attached hydrogens (tertiary/aromatic N) is 5. The van der Waals surface area contributed by atoms with Gasteiger partial charge in [0.05, 0.1) is 0 Å². The average molecular weight is 483 g/mol. The highest BCUT2D eigenvalue weighted by Gasteiger charge is 2.46. The van der Waals surface area contributed by atoms with Crippen LogP contribution in [0.1, 0.15) is 41.3 Å². The van der Waals surface area contributed by atoms with Crippen molar-refractivity contribution in [1.82, 2.24) is 25.1 Å². The third-order valence-electron chi connectivity index (χ3n) is 7.91. The van der Waals surface area contributed by atoms with Gasteiger partial charge >= 0.3 is 0 Å². The maximum atomic E-state index is 13.2. The molecule has 1 saturated heterocycles. The lowest BCUT2D eigenvalue weighted by molar-refractivity contribution is 0.187. The molecule has 1 spiro atoms. The van der Waals surface area contributed by atoms with E-state index in [2.05, 4.69) is 55.9 Å². The monoisotopic (exact) mass is 482 g/mol. The number of hydrogen-bond acceptors (Lipinski definition) is 7. The molecule has 1 fully saturated rings. The van der Waals surface area contributed by atoms with Crippen molar-refractivity contribution < 1.29 is 0 Å². The highest BCUT2D eigenvalue weighted by atomic mass is 16.1. The third-order valence-corrected chi connectivity index (χ3v) is 7.91. The largest absolute Gasteiger partial charge is 0.363 e. The molecule has 1 aliphatic heterocycles. The fourth-order valence-electron chi connectivity index (χ4n) is 5.75. The number of aromatic amines is 2. The molecule has 9 heteroatoms. The topological polar surface area (TPSA) is 120 Å². The number of piperidine rings is 1. The van der Waals surface area contributed by atoms with E-state index in [4.69, 9.17) is 10.7 Å². The molecule has 4 N–H and O–H groups in total. The Kier molecular flexibility index (Phi) is 5.19. The van der Waals surface area contributed by atoms with Crippen LogP contribution in [0.25, 0.3) is 16.6 Å². The quantitative estimate of drug-likeness (QED) is 0.409. The molecular formula is C27H30N8O. The van der Waals surface area contributed by atoms with Gasteiger partial charge in [0.2, 0.25) is 5.95 Å². The van der Waals surface area contributed by atoms with Gasteiger partial charge in [0, 0.05) is 45.0 Å². The highest BCUT2D eigenvalue weighted by Crippen LogP contribution is 2.50. The first-order valence-electron chi connectivity index (χ1n) is 12.3. The number of nitrogens with two attached hydrogens (primary N) is 1. The second-order valence-corrected chi connectivity index (χ2v) is 10.2. The summed E-state index contributed by atoms with van der Waals surface area (Å²) < 4.78 is 0. The molecule has 9 nitrogen and oxygen atoms in total. The van der Waals surface area contributed by atoms with Gasteiger partial charge in [-0.25, -0.2) is 4.98 Å². The number of hydrogen-bond donors (Lipinski definition) is 3. The van der Waals surface area contributed by atoms with Gasteiger partial charge in [0.1, 0.15) is 16.9 Å². The van der Waals surface area contributed by atoms with Gasteiger partial charge in [-0.2, -0.15) is 10.1 Å². The zero-order chi connectivity index (χ0) is 25.0. The molecule has 2 aliphatic rings. The number of fused-ring (bicyclic) bond motifs is 2. The van der Waals surface area contributed by atoms with E-state index in [9.17, 15) is 4.79 Å². The standard InChI is InChI=1S/C27H30N8O/c1-16(17-8-11-29-20(14-17)34(2)3)22-21-24(33-32-22)30-26(31-25(21)36)35-12-9-27(10-13-35)15-18-6-4-5-7-19(18)23(27)28/h4-8,11,14,23H,1,9-10,12-13,15,28H2,2-3H3,(H2,30,31,32,33,36)/t23-/m1/s1. The van der Waals surface area contributed by atoms with Gasteiger partial charge in [0.25, 0.3) is 5.56 Å². The van der Waals surface area contributed by atoms with E-state index in [1.54, 1.807) is 6.20 Å². The van der Waals surface area contributed by atoms with Crippen molar-refractivity contribution in [3.05, 3.63) is 81.9 Å². The van der Waals surface area contributed by atoms with Crippen molar-refractivity contribution in [3.63, 3.8) is 0 Å². The van der Waals surface area contributed by atoms with Gasteiger partial charge in [-0.05, 0) is 53.5 Å². The Hall–Kier alpha value is -3.98. The molecule has 1 atom stereocenters. The summed E-state index contributed by atoms with van der Waals surface area (Å²) in [5.41, 5.74) is 11.6. The normalized spacial score (nSPS) is 18.5. The highest BCUT2D eigenvalue weighted by molar-refractivity contribution is 5.92. The maximum absolute atomic E-state index is 13.2. The molecule has 0 bridgehead atoms. The Bertz CT molecular complexity index is 1530. The lowest BCUT2D eigenvalue weighted by Crippen LogP contribution is -2.45. The predicted molar refractivity (Wildman–Crippen MR) is 142 cm³/mol. The zero-order valence-electron chi connectivity index (χ0n) is 20.6. The average Bonchev–Trinajstić information content (AvgIpc) is 3.44. The lowest BCUT2D eigenvalue weighted by atomic mass is 9.73. The van der Waals surface area contributed by atoms with Crippen molar-refractivity contribution in [2.45, 2.75) is 25.3 Å². The van der Waals surface area contributed by atoms with E-state index in [1.807, 2.05) is 31.1 Å². The number of rotatable bonds is 4. The van der Waals surface area contributed by atoms with Crippen molar-refractivity contribution in [2.75, 3.05) is 37.0 Å². The van der Waals surface area contributed by atoms with Crippen molar-refractivity contribution in [3.8, 4) is 0 Å². The Morgan fingerprint density at radius 1 is 1.22 bits per heavy atom. The molecule has 0 radical (unpaired) electrons. The number of nitrogens with one attached hydrogen (secondary N) is 2. The molecule has 3 aromatic heterocycles. The van der Waals surface area contributed by atoms with Crippen LogP contribution in [-0.2, 0) is 6.42 Å². The van der Waals surface area contributed by atoms with Crippen LogP contribution in [0.15, 0.2) is 54.0 Å². The summed E-state index contributed by atoms with van der Waals surface area (Å²) in [6.07, 6.45) is 4.64. The zero-order valence-corrected chi connectivity index (χ0v) is 20.6. The SMILES string of the molecule is C=C(c1ccnc(N(C)C)c1)c1n[nH]c2nc(N3CCC4(CC3)Cc3ccccc3[C@H]4N)[nH]c(=O)c12. The first kappa shape index (κ1) is 22.5. The van der Waals surface area contributed by atoms with E-state index in [0.29, 0.717) is 28.2 Å². The molecule has 6 rings (SSSR count). The van der Waals surface area contributed by atoms with Gasteiger partial charge < -0.3 is 15.5 Å². The summed E-state index contributed by atoms with van der Waals surface area (Å²) in [4.78, 5) is 29.4. The minimum absolute atomic E-state index is 0.0488. The number of pyridine rings is 1. The molecule has 4 heterocycles. The van der Waals surface area contributed by atoms with Crippen LogP contribution < -0.4 is 21.1 Å². The molecule has 4 aromatic rings. The number of benzene rings is 1. The first-order valence-corrected chi connectivity index (χ1v) is 12.3. The second kappa shape index (κ2) is 8.30. The smallest absolute Gasteiger partial charge is 0.264 e. The molecule has 1 aromatic carbocycles. The Balaban J connectivity index is 1.25. The summed E-state index contributed by atoms with van der Waals surface area (Å²) in [5, 5.41) is 7.77. The van der Waals surface area contributed by atoms with Crippen LogP contribution in [0, 0.1) is 5.41 Å². The molecular weight excluding hydrogens is 452 g/mol. The second-order valence-electron chi connectivity index (χ2n) is 10.2. The summed E-state index contributed by atoms with van der Waals surface area (Å²) >= 11 is 0. The van der Waals surface area contributed by atoms with E-state index < -0.39 is 0 Å². The number of H-pyrrole nitrogens is 2. The molecule has 0 saturated carbocycles. The summed E-state index contributed by atoms with van der Waals surface area (Å²) in [5.74, 6) is 1.36.